The van der Waals surface area contributed by atoms with Crippen molar-refractivity contribution in [1.29, 1.82) is 0 Å². The fourth-order valence-electron chi connectivity index (χ4n) is 3.44. The van der Waals surface area contributed by atoms with Crippen LogP contribution in [0.3, 0.4) is 0 Å². The third-order valence-electron chi connectivity index (χ3n) is 5.16. The van der Waals surface area contributed by atoms with Crippen LogP contribution in [-0.4, -0.2) is 48.7 Å². The molecule has 3 rings (SSSR count). The van der Waals surface area contributed by atoms with Gasteiger partial charge in [0.25, 0.3) is 5.79 Å². The molecule has 31 heavy (non-hydrogen) atoms. The lowest BCUT2D eigenvalue weighted by atomic mass is 9.84. The molecule has 0 aromatic heterocycles. The van der Waals surface area contributed by atoms with Gasteiger partial charge in [0.2, 0.25) is 0 Å². The summed E-state index contributed by atoms with van der Waals surface area (Å²) in [5.41, 5.74) is 0.331. The average molecular weight is 578 g/mol. The molecule has 2 aliphatic rings. The summed E-state index contributed by atoms with van der Waals surface area (Å²) in [5, 5.41) is -4.99. The van der Waals surface area contributed by atoms with Crippen molar-refractivity contribution in [3.05, 3.63) is 27.3 Å². The van der Waals surface area contributed by atoms with E-state index in [1.54, 1.807) is 18.2 Å². The first kappa shape index (κ1) is 24.0. The molecular formula is C18H18F3IO8S. The number of hydrogen-bond acceptors (Lipinski definition) is 7. The van der Waals surface area contributed by atoms with Crippen LogP contribution in [0.2, 0.25) is 0 Å². The van der Waals surface area contributed by atoms with Gasteiger partial charge >= 0.3 is 27.3 Å². The second-order valence-electron chi connectivity index (χ2n) is 7.25. The lowest BCUT2D eigenvalue weighted by molar-refractivity contribution is -0.184. The summed E-state index contributed by atoms with van der Waals surface area (Å²) in [6.45, 7) is -0.788. The van der Waals surface area contributed by atoms with Crippen LogP contribution in [0.4, 0.5) is 13.2 Å². The molecule has 1 N–H and O–H groups in total. The minimum atomic E-state index is -5.92. The topological polar surface area (TPSA) is 116 Å². The normalized spacial score (nSPS) is 24.7. The van der Waals surface area contributed by atoms with Gasteiger partial charge in [0.1, 0.15) is 11.3 Å². The summed E-state index contributed by atoms with van der Waals surface area (Å²) in [7, 11) is -5.92. The zero-order valence-electron chi connectivity index (χ0n) is 15.9. The number of esters is 2. The molecule has 1 atom stereocenters. The monoisotopic (exact) mass is 578 g/mol. The average Bonchev–Trinajstić information content (AvgIpc) is 2.67. The molecule has 1 aromatic carbocycles. The lowest BCUT2D eigenvalue weighted by Crippen LogP contribution is -2.48. The first-order chi connectivity index (χ1) is 14.4. The predicted octanol–water partition coefficient (Wildman–Crippen LogP) is 3.48. The van der Waals surface area contributed by atoms with Gasteiger partial charge in [0.05, 0.1) is 12.5 Å². The van der Waals surface area contributed by atoms with Crippen molar-refractivity contribution in [2.45, 2.75) is 49.3 Å². The maximum Gasteiger partial charge on any atom is 0.400 e. The Balaban J connectivity index is 1.52. The molecule has 0 bridgehead atoms. The highest BCUT2D eigenvalue weighted by Crippen LogP contribution is 2.43. The SMILES string of the molecule is O=C1OC2(CCC(C(=O)OCCC(F)C(F)(F)S(=O)(=O)O)CC2)Oc2cccc(I)c21. The van der Waals surface area contributed by atoms with E-state index in [-0.39, 0.29) is 25.7 Å². The summed E-state index contributed by atoms with van der Waals surface area (Å²) in [4.78, 5) is 24.6. The van der Waals surface area contributed by atoms with Crippen LogP contribution in [0.5, 0.6) is 5.75 Å². The summed E-state index contributed by atoms with van der Waals surface area (Å²) in [5.74, 6) is -2.77. The van der Waals surface area contributed by atoms with E-state index in [2.05, 4.69) is 0 Å². The number of carbonyl (C=O) groups excluding carboxylic acids is 2. The van der Waals surface area contributed by atoms with Crippen molar-refractivity contribution < 1.29 is 49.9 Å². The highest BCUT2D eigenvalue weighted by atomic mass is 127. The van der Waals surface area contributed by atoms with Gasteiger partial charge in [0, 0.05) is 22.8 Å². The number of hydrogen-bond donors (Lipinski definition) is 1. The smallest absolute Gasteiger partial charge is 0.400 e. The van der Waals surface area contributed by atoms with E-state index in [4.69, 9.17) is 18.8 Å². The summed E-state index contributed by atoms with van der Waals surface area (Å²) >= 11 is 1.99. The molecule has 1 spiro atoms. The highest BCUT2D eigenvalue weighted by molar-refractivity contribution is 14.1. The molecule has 0 saturated heterocycles. The number of carbonyl (C=O) groups is 2. The molecule has 172 valence electrons. The molecule has 0 radical (unpaired) electrons. The second-order valence-corrected chi connectivity index (χ2v) is 9.91. The lowest BCUT2D eigenvalue weighted by Gasteiger charge is -2.41. The van der Waals surface area contributed by atoms with Gasteiger partial charge in [-0.15, -0.1) is 0 Å². The summed E-state index contributed by atoms with van der Waals surface area (Å²) < 4.78 is 86.0. The molecule has 1 saturated carbocycles. The largest absolute Gasteiger partial charge is 0.465 e. The third-order valence-corrected chi connectivity index (χ3v) is 7.00. The number of fused-ring (bicyclic) bond motifs is 1. The van der Waals surface area contributed by atoms with Gasteiger partial charge < -0.3 is 14.2 Å². The van der Waals surface area contributed by atoms with Crippen LogP contribution < -0.4 is 4.74 Å². The van der Waals surface area contributed by atoms with Gasteiger partial charge in [-0.05, 0) is 47.6 Å². The van der Waals surface area contributed by atoms with Gasteiger partial charge in [-0.3, -0.25) is 9.35 Å². The number of ether oxygens (including phenoxy) is 3. The predicted molar refractivity (Wildman–Crippen MR) is 107 cm³/mol. The Labute approximate surface area is 189 Å². The summed E-state index contributed by atoms with van der Waals surface area (Å²) in [6.07, 6.45) is -3.53. The van der Waals surface area contributed by atoms with Crippen molar-refractivity contribution in [3.63, 3.8) is 0 Å². The number of halogens is 4. The first-order valence-electron chi connectivity index (χ1n) is 9.23. The van der Waals surface area contributed by atoms with Gasteiger partial charge in [-0.2, -0.15) is 17.2 Å². The Kier molecular flexibility index (Phi) is 6.77. The van der Waals surface area contributed by atoms with Crippen molar-refractivity contribution in [2.75, 3.05) is 6.61 Å². The van der Waals surface area contributed by atoms with E-state index in [0.29, 0.717) is 14.9 Å². The van der Waals surface area contributed by atoms with Crippen LogP contribution in [-0.2, 0) is 24.4 Å². The van der Waals surface area contributed by atoms with Crippen LogP contribution in [0.15, 0.2) is 18.2 Å². The molecule has 1 fully saturated rings. The maximum absolute atomic E-state index is 13.4. The zero-order valence-corrected chi connectivity index (χ0v) is 18.8. The number of alkyl halides is 3. The number of benzene rings is 1. The Hall–Kier alpha value is -1.61. The van der Waals surface area contributed by atoms with E-state index in [9.17, 15) is 31.2 Å². The fraction of sp³-hybridized carbons (Fsp3) is 0.556. The Morgan fingerprint density at radius 3 is 2.58 bits per heavy atom. The minimum Gasteiger partial charge on any atom is -0.465 e. The molecule has 1 aliphatic carbocycles. The van der Waals surface area contributed by atoms with Crippen molar-refractivity contribution >= 4 is 44.6 Å². The highest BCUT2D eigenvalue weighted by Gasteiger charge is 2.52. The Morgan fingerprint density at radius 2 is 1.97 bits per heavy atom. The van der Waals surface area contributed by atoms with Crippen molar-refractivity contribution in [3.8, 4) is 5.75 Å². The van der Waals surface area contributed by atoms with Crippen molar-refractivity contribution in [2.24, 2.45) is 5.92 Å². The van der Waals surface area contributed by atoms with Gasteiger partial charge in [0.15, 0.2) is 6.17 Å². The second kappa shape index (κ2) is 8.73. The van der Waals surface area contributed by atoms with Crippen LogP contribution in [0.1, 0.15) is 42.5 Å². The summed E-state index contributed by atoms with van der Waals surface area (Å²) in [6, 6.07) is 5.12. The van der Waals surface area contributed by atoms with E-state index in [1.165, 1.54) is 0 Å². The third kappa shape index (κ3) is 4.92. The fourth-order valence-corrected chi connectivity index (χ4v) is 4.57. The maximum atomic E-state index is 13.4. The van der Waals surface area contributed by atoms with E-state index in [0.717, 1.165) is 0 Å². The Morgan fingerprint density at radius 1 is 1.32 bits per heavy atom. The van der Waals surface area contributed by atoms with E-state index < -0.39 is 58.2 Å². The van der Waals surface area contributed by atoms with Crippen LogP contribution >= 0.6 is 22.6 Å². The molecule has 1 unspecified atom stereocenters. The van der Waals surface area contributed by atoms with Crippen molar-refractivity contribution in [1.82, 2.24) is 0 Å². The van der Waals surface area contributed by atoms with Gasteiger partial charge in [-0.25, -0.2) is 9.18 Å². The van der Waals surface area contributed by atoms with E-state index >= 15 is 0 Å². The molecule has 8 nitrogen and oxygen atoms in total. The zero-order chi connectivity index (χ0) is 23.0. The van der Waals surface area contributed by atoms with Crippen LogP contribution in [0.25, 0.3) is 0 Å². The Bertz CT molecular complexity index is 976. The quantitative estimate of drug-likeness (QED) is 0.310. The molecule has 0 amide bonds. The molecule has 13 heteroatoms. The molecule has 1 aliphatic heterocycles. The van der Waals surface area contributed by atoms with Crippen LogP contribution in [0, 0.1) is 9.49 Å². The standard InChI is InChI=1S/C18H18F3IO8S/c19-13(18(20,21)31(25,26)27)6-9-28-15(23)10-4-7-17(8-5-10)29-12-3-1-2-11(22)14(12)16(24)30-17/h1-3,10,13H,4-9H2,(H,25,26,27). The number of rotatable bonds is 6. The molecular weight excluding hydrogens is 560 g/mol. The molecule has 1 aromatic rings. The van der Waals surface area contributed by atoms with E-state index in [1.807, 2.05) is 22.6 Å². The van der Waals surface area contributed by atoms with Gasteiger partial charge in [-0.1, -0.05) is 6.07 Å². The first-order valence-corrected chi connectivity index (χ1v) is 11.7. The minimum absolute atomic E-state index is 0.190. The molecule has 1 heterocycles.